The van der Waals surface area contributed by atoms with Crippen LogP contribution in [0.1, 0.15) is 26.2 Å². The fourth-order valence-electron chi connectivity index (χ4n) is 1.88. The Morgan fingerprint density at radius 2 is 2.00 bits per heavy atom. The summed E-state index contributed by atoms with van der Waals surface area (Å²) in [5.41, 5.74) is 0. The van der Waals surface area contributed by atoms with Gasteiger partial charge in [0.05, 0.1) is 0 Å². The van der Waals surface area contributed by atoms with E-state index in [-0.39, 0.29) is 12.1 Å². The van der Waals surface area contributed by atoms with Crippen molar-refractivity contribution < 1.29 is 18.6 Å². The van der Waals surface area contributed by atoms with Gasteiger partial charge in [0, 0.05) is 11.1 Å². The van der Waals surface area contributed by atoms with Crippen LogP contribution in [-0.2, 0) is 14.1 Å². The Morgan fingerprint density at radius 1 is 1.38 bits per heavy atom. The lowest BCUT2D eigenvalue weighted by Gasteiger charge is -2.27. The van der Waals surface area contributed by atoms with Gasteiger partial charge in [-0.15, -0.1) is 0 Å². The Bertz CT molecular complexity index is 544. The van der Waals surface area contributed by atoms with Gasteiger partial charge >= 0.3 is 13.5 Å². The van der Waals surface area contributed by atoms with Crippen molar-refractivity contribution in [1.82, 2.24) is 5.09 Å². The Balaban J connectivity index is 1.88. The standard InChI is InChI=1S/C14H19BrNO4P/c1-10(14(17)19-12-4-3-5-12)16-21(2,18)20-13-8-6-11(15)7-9-13/h6-10,12H,3-5H2,1-2H3,(H,16,18)/t10-,21?/m0/s1. The third kappa shape index (κ3) is 5.13. The molecular formula is C14H19BrNO4P. The molecule has 116 valence electrons. The second kappa shape index (κ2) is 6.95. The average Bonchev–Trinajstić information content (AvgIpc) is 2.35. The van der Waals surface area contributed by atoms with Gasteiger partial charge in [-0.1, -0.05) is 15.9 Å². The van der Waals surface area contributed by atoms with Crippen LogP contribution in [0.25, 0.3) is 0 Å². The number of benzene rings is 1. The lowest BCUT2D eigenvalue weighted by molar-refractivity contribution is -0.154. The van der Waals surface area contributed by atoms with Gasteiger partial charge < -0.3 is 9.26 Å². The van der Waals surface area contributed by atoms with Crippen molar-refractivity contribution in [2.75, 3.05) is 6.66 Å². The van der Waals surface area contributed by atoms with Crippen molar-refractivity contribution in [2.45, 2.75) is 38.3 Å². The van der Waals surface area contributed by atoms with Crippen molar-refractivity contribution >= 4 is 29.4 Å². The molecule has 1 saturated carbocycles. The average molecular weight is 376 g/mol. The molecule has 5 nitrogen and oxygen atoms in total. The first-order valence-corrected chi connectivity index (χ1v) is 9.73. The van der Waals surface area contributed by atoms with Crippen LogP contribution in [0.3, 0.4) is 0 Å². The molecule has 0 amide bonds. The van der Waals surface area contributed by atoms with Crippen LogP contribution in [0.5, 0.6) is 5.75 Å². The first-order valence-electron chi connectivity index (χ1n) is 6.87. The van der Waals surface area contributed by atoms with E-state index in [1.165, 1.54) is 6.66 Å². The van der Waals surface area contributed by atoms with E-state index in [0.29, 0.717) is 5.75 Å². The summed E-state index contributed by atoms with van der Waals surface area (Å²) >= 11 is 3.32. The molecule has 1 N–H and O–H groups in total. The summed E-state index contributed by atoms with van der Waals surface area (Å²) in [6.45, 7) is 3.07. The fraction of sp³-hybridized carbons (Fsp3) is 0.500. The molecule has 0 aliphatic heterocycles. The van der Waals surface area contributed by atoms with E-state index in [2.05, 4.69) is 21.0 Å². The first kappa shape index (κ1) is 16.5. The Morgan fingerprint density at radius 3 is 2.52 bits per heavy atom. The molecular weight excluding hydrogens is 357 g/mol. The molecule has 0 aromatic heterocycles. The summed E-state index contributed by atoms with van der Waals surface area (Å²) < 4.78 is 24.0. The van der Waals surface area contributed by atoms with E-state index in [4.69, 9.17) is 9.26 Å². The number of nitrogens with one attached hydrogen (secondary N) is 1. The zero-order valence-corrected chi connectivity index (χ0v) is 14.5. The quantitative estimate of drug-likeness (QED) is 0.606. The Kier molecular flexibility index (Phi) is 5.47. The zero-order chi connectivity index (χ0) is 15.5. The maximum absolute atomic E-state index is 12.4. The van der Waals surface area contributed by atoms with E-state index in [9.17, 15) is 9.36 Å². The topological polar surface area (TPSA) is 64.6 Å². The van der Waals surface area contributed by atoms with E-state index in [1.54, 1.807) is 31.2 Å². The van der Waals surface area contributed by atoms with E-state index in [0.717, 1.165) is 23.7 Å². The maximum Gasteiger partial charge on any atom is 0.323 e. The highest BCUT2D eigenvalue weighted by Crippen LogP contribution is 2.39. The fourth-order valence-corrected chi connectivity index (χ4v) is 3.53. The predicted molar refractivity (Wildman–Crippen MR) is 84.6 cm³/mol. The van der Waals surface area contributed by atoms with Gasteiger partial charge in [-0.3, -0.25) is 9.36 Å². The van der Waals surface area contributed by atoms with Crippen LogP contribution in [0.15, 0.2) is 28.7 Å². The molecule has 1 aromatic rings. The van der Waals surface area contributed by atoms with Crippen LogP contribution in [0.4, 0.5) is 0 Å². The number of hydrogen-bond acceptors (Lipinski definition) is 4. The van der Waals surface area contributed by atoms with Crippen LogP contribution in [0.2, 0.25) is 0 Å². The maximum atomic E-state index is 12.4. The van der Waals surface area contributed by atoms with E-state index < -0.39 is 13.6 Å². The third-order valence-electron chi connectivity index (χ3n) is 3.21. The van der Waals surface area contributed by atoms with Crippen molar-refractivity contribution in [3.8, 4) is 5.75 Å². The minimum Gasteiger partial charge on any atom is -0.461 e. The van der Waals surface area contributed by atoms with Gasteiger partial charge in [0.15, 0.2) is 0 Å². The largest absolute Gasteiger partial charge is 0.461 e. The molecule has 0 spiro atoms. The van der Waals surface area contributed by atoms with Crippen molar-refractivity contribution in [1.29, 1.82) is 0 Å². The third-order valence-corrected chi connectivity index (χ3v) is 5.15. The van der Waals surface area contributed by atoms with Gasteiger partial charge in [0.2, 0.25) is 0 Å². The zero-order valence-electron chi connectivity index (χ0n) is 12.0. The smallest absolute Gasteiger partial charge is 0.323 e. The Hall–Kier alpha value is -0.840. The molecule has 0 radical (unpaired) electrons. The minimum absolute atomic E-state index is 0.0189. The van der Waals surface area contributed by atoms with Crippen molar-refractivity contribution in [2.24, 2.45) is 0 Å². The molecule has 1 aliphatic carbocycles. The number of esters is 1. The van der Waals surface area contributed by atoms with E-state index in [1.807, 2.05) is 0 Å². The summed E-state index contributed by atoms with van der Waals surface area (Å²) in [7, 11) is -3.14. The molecule has 0 bridgehead atoms. The number of halogens is 1. The second-order valence-electron chi connectivity index (χ2n) is 5.23. The van der Waals surface area contributed by atoms with Gasteiger partial charge in [-0.05, 0) is 50.5 Å². The molecule has 2 atom stereocenters. The van der Waals surface area contributed by atoms with Crippen LogP contribution in [-0.4, -0.2) is 24.8 Å². The van der Waals surface area contributed by atoms with Crippen LogP contribution >= 0.6 is 23.4 Å². The van der Waals surface area contributed by atoms with Gasteiger partial charge in [0.1, 0.15) is 17.9 Å². The summed E-state index contributed by atoms with van der Waals surface area (Å²) in [4.78, 5) is 11.9. The van der Waals surface area contributed by atoms with Crippen molar-refractivity contribution in [3.63, 3.8) is 0 Å². The second-order valence-corrected chi connectivity index (χ2v) is 8.28. The molecule has 1 aliphatic rings. The number of rotatable bonds is 6. The number of carbonyl (C=O) groups is 1. The SMILES string of the molecule is C[C@H](NP(C)(=O)Oc1ccc(Br)cc1)C(=O)OC1CCC1. The normalized spacial score (nSPS) is 19.2. The molecule has 1 fully saturated rings. The number of carbonyl (C=O) groups excluding carboxylic acids is 1. The predicted octanol–water partition coefficient (Wildman–Crippen LogP) is 3.72. The van der Waals surface area contributed by atoms with Gasteiger partial charge in [-0.25, -0.2) is 5.09 Å². The van der Waals surface area contributed by atoms with Crippen LogP contribution in [0, 0.1) is 0 Å². The highest BCUT2D eigenvalue weighted by Gasteiger charge is 2.29. The van der Waals surface area contributed by atoms with Crippen LogP contribution < -0.4 is 9.61 Å². The molecule has 1 unspecified atom stereocenters. The first-order chi connectivity index (χ1) is 9.85. The highest BCUT2D eigenvalue weighted by atomic mass is 79.9. The molecule has 7 heteroatoms. The lowest BCUT2D eigenvalue weighted by Crippen LogP contribution is -2.37. The molecule has 21 heavy (non-hydrogen) atoms. The number of hydrogen-bond donors (Lipinski definition) is 1. The minimum atomic E-state index is -3.14. The number of ether oxygens (including phenoxy) is 1. The monoisotopic (exact) mass is 375 g/mol. The van der Waals surface area contributed by atoms with Gasteiger partial charge in [0.25, 0.3) is 0 Å². The Labute approximate surface area is 133 Å². The van der Waals surface area contributed by atoms with Gasteiger partial charge in [-0.2, -0.15) is 0 Å². The summed E-state index contributed by atoms with van der Waals surface area (Å²) in [5.74, 6) is 0.0947. The molecule has 0 heterocycles. The summed E-state index contributed by atoms with van der Waals surface area (Å²) in [6.07, 6.45) is 2.94. The van der Waals surface area contributed by atoms with Crippen molar-refractivity contribution in [3.05, 3.63) is 28.7 Å². The molecule has 0 saturated heterocycles. The lowest BCUT2D eigenvalue weighted by atomic mass is 9.96. The molecule has 2 rings (SSSR count). The summed E-state index contributed by atoms with van der Waals surface area (Å²) in [5, 5.41) is 2.72. The highest BCUT2D eigenvalue weighted by molar-refractivity contribution is 9.10. The van der Waals surface area contributed by atoms with E-state index >= 15 is 0 Å². The summed E-state index contributed by atoms with van der Waals surface area (Å²) in [6, 6.07) is 6.34. The molecule has 1 aromatic carbocycles.